The Kier molecular flexibility index (Phi) is 7.68. The second-order valence-corrected chi connectivity index (χ2v) is 5.63. The van der Waals surface area contributed by atoms with Crippen LogP contribution in [0.15, 0.2) is 54.6 Å². The molecule has 0 aromatic heterocycles. The Balaban J connectivity index is 1.54. The van der Waals surface area contributed by atoms with Crippen LogP contribution in [-0.4, -0.2) is 19.2 Å². The molecule has 0 aliphatic carbocycles. The van der Waals surface area contributed by atoms with Crippen molar-refractivity contribution in [3.05, 3.63) is 65.7 Å². The molecule has 0 radical (unpaired) electrons. The van der Waals surface area contributed by atoms with E-state index in [1.54, 1.807) is 0 Å². The summed E-state index contributed by atoms with van der Waals surface area (Å²) in [4.78, 5) is 11.6. The molecular formula is C20H26N2O2. The van der Waals surface area contributed by atoms with Gasteiger partial charge >= 0.3 is 6.09 Å². The molecule has 0 fully saturated rings. The standard InChI is InChI=1S/C20H26N2O2/c1-2-18-12-6-7-13-19(18)21-14-8-9-15-22-20(23)24-16-17-10-4-3-5-11-17/h3-7,10-13,21H,2,8-9,14-16H2,1H3,(H,22,23). The molecule has 0 aliphatic rings. The van der Waals surface area contributed by atoms with Gasteiger partial charge in [-0.2, -0.15) is 0 Å². The van der Waals surface area contributed by atoms with Crippen molar-refractivity contribution in [2.75, 3.05) is 18.4 Å². The number of alkyl carbamates (subject to hydrolysis) is 1. The van der Waals surface area contributed by atoms with Crippen molar-refractivity contribution in [3.63, 3.8) is 0 Å². The third kappa shape index (κ3) is 6.32. The fraction of sp³-hybridized carbons (Fsp3) is 0.350. The number of unbranched alkanes of at least 4 members (excludes halogenated alkanes) is 1. The zero-order valence-corrected chi connectivity index (χ0v) is 14.3. The third-order valence-corrected chi connectivity index (χ3v) is 3.80. The summed E-state index contributed by atoms with van der Waals surface area (Å²) in [6.07, 6.45) is 2.58. The summed E-state index contributed by atoms with van der Waals surface area (Å²) >= 11 is 0. The van der Waals surface area contributed by atoms with Crippen molar-refractivity contribution >= 4 is 11.8 Å². The van der Waals surface area contributed by atoms with E-state index in [9.17, 15) is 4.79 Å². The minimum Gasteiger partial charge on any atom is -0.445 e. The molecule has 0 saturated heterocycles. The van der Waals surface area contributed by atoms with Crippen LogP contribution in [0.3, 0.4) is 0 Å². The van der Waals surface area contributed by atoms with Gasteiger partial charge in [0.1, 0.15) is 6.61 Å². The van der Waals surface area contributed by atoms with E-state index in [1.165, 1.54) is 11.3 Å². The van der Waals surface area contributed by atoms with Gasteiger partial charge in [-0.15, -0.1) is 0 Å². The number of amides is 1. The number of aryl methyl sites for hydroxylation is 1. The van der Waals surface area contributed by atoms with Gasteiger partial charge in [0, 0.05) is 18.8 Å². The van der Waals surface area contributed by atoms with Gasteiger partial charge in [-0.05, 0) is 36.5 Å². The topological polar surface area (TPSA) is 50.4 Å². The summed E-state index contributed by atoms with van der Waals surface area (Å²) in [5.74, 6) is 0. The first-order valence-corrected chi connectivity index (χ1v) is 8.56. The van der Waals surface area contributed by atoms with Gasteiger partial charge in [0.2, 0.25) is 0 Å². The quantitative estimate of drug-likeness (QED) is 0.673. The van der Waals surface area contributed by atoms with Gasteiger partial charge in [0.15, 0.2) is 0 Å². The Morgan fingerprint density at radius 1 is 0.958 bits per heavy atom. The molecule has 2 rings (SSSR count). The Hall–Kier alpha value is -2.49. The highest BCUT2D eigenvalue weighted by molar-refractivity contribution is 5.67. The van der Waals surface area contributed by atoms with Crippen molar-refractivity contribution in [3.8, 4) is 0 Å². The predicted molar refractivity (Wildman–Crippen MR) is 98.2 cm³/mol. The first-order chi connectivity index (χ1) is 11.8. The van der Waals surface area contributed by atoms with Crippen LogP contribution in [0.5, 0.6) is 0 Å². The Bertz CT molecular complexity index is 614. The van der Waals surface area contributed by atoms with Crippen LogP contribution in [0.4, 0.5) is 10.5 Å². The maximum Gasteiger partial charge on any atom is 0.407 e. The second-order valence-electron chi connectivity index (χ2n) is 5.63. The maximum atomic E-state index is 11.6. The molecule has 1 amide bonds. The molecule has 128 valence electrons. The summed E-state index contributed by atoms with van der Waals surface area (Å²) in [5.41, 5.74) is 3.53. The van der Waals surface area contributed by atoms with Crippen molar-refractivity contribution in [1.29, 1.82) is 0 Å². The van der Waals surface area contributed by atoms with Crippen molar-refractivity contribution in [2.45, 2.75) is 32.8 Å². The van der Waals surface area contributed by atoms with E-state index in [0.717, 1.165) is 31.4 Å². The largest absolute Gasteiger partial charge is 0.445 e. The number of carbonyl (C=O) groups is 1. The van der Waals surface area contributed by atoms with Gasteiger partial charge in [0.05, 0.1) is 0 Å². The van der Waals surface area contributed by atoms with Gasteiger partial charge in [-0.3, -0.25) is 0 Å². The van der Waals surface area contributed by atoms with E-state index in [4.69, 9.17) is 4.74 Å². The summed E-state index contributed by atoms with van der Waals surface area (Å²) < 4.78 is 5.17. The fourth-order valence-electron chi connectivity index (χ4n) is 2.44. The number of para-hydroxylation sites is 1. The van der Waals surface area contributed by atoms with E-state index >= 15 is 0 Å². The average Bonchev–Trinajstić information content (AvgIpc) is 2.64. The minimum atomic E-state index is -0.358. The van der Waals surface area contributed by atoms with Gasteiger partial charge in [0.25, 0.3) is 0 Å². The Morgan fingerprint density at radius 2 is 1.67 bits per heavy atom. The third-order valence-electron chi connectivity index (χ3n) is 3.80. The van der Waals surface area contributed by atoms with Crippen molar-refractivity contribution in [2.24, 2.45) is 0 Å². The summed E-state index contributed by atoms with van der Waals surface area (Å²) in [6, 6.07) is 18.0. The lowest BCUT2D eigenvalue weighted by atomic mass is 10.1. The molecule has 4 heteroatoms. The number of anilines is 1. The second kappa shape index (κ2) is 10.3. The van der Waals surface area contributed by atoms with Gasteiger partial charge < -0.3 is 15.4 Å². The number of nitrogens with one attached hydrogen (secondary N) is 2. The predicted octanol–water partition coefficient (Wildman–Crippen LogP) is 4.37. The molecule has 0 heterocycles. The van der Waals surface area contributed by atoms with E-state index < -0.39 is 0 Å². The maximum absolute atomic E-state index is 11.6. The number of hydrogen-bond acceptors (Lipinski definition) is 3. The number of hydrogen-bond donors (Lipinski definition) is 2. The van der Waals surface area contributed by atoms with Crippen LogP contribution in [0.2, 0.25) is 0 Å². The molecule has 0 unspecified atom stereocenters. The molecule has 2 N–H and O–H groups in total. The minimum absolute atomic E-state index is 0.308. The average molecular weight is 326 g/mol. The van der Waals surface area contributed by atoms with Crippen LogP contribution >= 0.6 is 0 Å². The normalized spacial score (nSPS) is 10.2. The van der Waals surface area contributed by atoms with Crippen molar-refractivity contribution in [1.82, 2.24) is 5.32 Å². The van der Waals surface area contributed by atoms with E-state index in [0.29, 0.717) is 13.2 Å². The van der Waals surface area contributed by atoms with E-state index in [2.05, 4.69) is 35.8 Å². The molecule has 2 aromatic carbocycles. The summed E-state index contributed by atoms with van der Waals surface area (Å²) in [7, 11) is 0. The number of benzene rings is 2. The monoisotopic (exact) mass is 326 g/mol. The van der Waals surface area contributed by atoms with Crippen LogP contribution < -0.4 is 10.6 Å². The molecule has 2 aromatic rings. The molecular weight excluding hydrogens is 300 g/mol. The SMILES string of the molecule is CCc1ccccc1NCCCCNC(=O)OCc1ccccc1. The zero-order chi connectivity index (χ0) is 17.0. The zero-order valence-electron chi connectivity index (χ0n) is 14.3. The van der Waals surface area contributed by atoms with Crippen molar-refractivity contribution < 1.29 is 9.53 Å². The highest BCUT2D eigenvalue weighted by Gasteiger charge is 2.02. The molecule has 24 heavy (non-hydrogen) atoms. The Labute approximate surface area is 144 Å². The number of carbonyl (C=O) groups excluding carboxylic acids is 1. The highest BCUT2D eigenvalue weighted by atomic mass is 16.5. The first-order valence-electron chi connectivity index (χ1n) is 8.56. The Morgan fingerprint density at radius 3 is 2.46 bits per heavy atom. The smallest absolute Gasteiger partial charge is 0.407 e. The highest BCUT2D eigenvalue weighted by Crippen LogP contribution is 2.15. The van der Waals surface area contributed by atoms with Crippen LogP contribution in [0.1, 0.15) is 30.9 Å². The molecule has 0 bridgehead atoms. The van der Waals surface area contributed by atoms with Crippen LogP contribution in [-0.2, 0) is 17.8 Å². The number of rotatable bonds is 9. The van der Waals surface area contributed by atoms with Gasteiger partial charge in [-0.25, -0.2) is 4.79 Å². The molecule has 0 aliphatic heterocycles. The first kappa shape index (κ1) is 17.9. The fourth-order valence-corrected chi connectivity index (χ4v) is 2.44. The molecule has 4 nitrogen and oxygen atoms in total. The van der Waals surface area contributed by atoms with Crippen LogP contribution in [0.25, 0.3) is 0 Å². The lowest BCUT2D eigenvalue weighted by Gasteiger charge is -2.11. The van der Waals surface area contributed by atoms with Gasteiger partial charge in [-0.1, -0.05) is 55.5 Å². The summed E-state index contributed by atoms with van der Waals surface area (Å²) in [6.45, 7) is 4.00. The molecule has 0 saturated carbocycles. The number of ether oxygens (including phenoxy) is 1. The van der Waals surface area contributed by atoms with E-state index in [1.807, 2.05) is 36.4 Å². The van der Waals surface area contributed by atoms with E-state index in [-0.39, 0.29) is 6.09 Å². The molecule has 0 spiro atoms. The summed E-state index contributed by atoms with van der Waals surface area (Å²) in [5, 5.41) is 6.24. The lowest BCUT2D eigenvalue weighted by Crippen LogP contribution is -2.25. The molecule has 0 atom stereocenters. The van der Waals surface area contributed by atoms with Crippen LogP contribution in [0, 0.1) is 0 Å². The lowest BCUT2D eigenvalue weighted by molar-refractivity contribution is 0.139.